The summed E-state index contributed by atoms with van der Waals surface area (Å²) in [5, 5.41) is 0. The minimum Gasteiger partial charge on any atom is -0.379 e. The zero-order valence-corrected chi connectivity index (χ0v) is 16.9. The van der Waals surface area contributed by atoms with Crippen LogP contribution in [0.2, 0.25) is 0 Å². The second-order valence-electron chi connectivity index (χ2n) is 6.35. The summed E-state index contributed by atoms with van der Waals surface area (Å²) in [5.74, 6) is -0.570. The Morgan fingerprint density at radius 2 is 1.86 bits per heavy atom. The highest BCUT2D eigenvalue weighted by Crippen LogP contribution is 2.21. The summed E-state index contributed by atoms with van der Waals surface area (Å²) in [7, 11) is -2.63. The molecule has 2 aromatic rings. The lowest BCUT2D eigenvalue weighted by atomic mass is 10.1. The Hall–Kier alpha value is -2.45. The van der Waals surface area contributed by atoms with Gasteiger partial charge in [0, 0.05) is 19.7 Å². The first-order valence-electron chi connectivity index (χ1n) is 8.84. The molecule has 2 rings (SSSR count). The summed E-state index contributed by atoms with van der Waals surface area (Å²) >= 11 is 0. The Labute approximate surface area is 165 Å². The molecule has 0 aromatic heterocycles. The van der Waals surface area contributed by atoms with Gasteiger partial charge in [0.1, 0.15) is 23.1 Å². The molecule has 2 aromatic carbocycles. The van der Waals surface area contributed by atoms with Crippen LogP contribution in [0.3, 0.4) is 0 Å². The largest absolute Gasteiger partial charge is 0.379 e. The van der Waals surface area contributed by atoms with Gasteiger partial charge in [0.25, 0.3) is 0 Å². The predicted molar refractivity (Wildman–Crippen MR) is 103 cm³/mol. The van der Waals surface area contributed by atoms with Gasteiger partial charge in [-0.25, -0.2) is 4.39 Å². The van der Waals surface area contributed by atoms with Crippen molar-refractivity contribution in [3.05, 3.63) is 59.9 Å². The van der Waals surface area contributed by atoms with Crippen LogP contribution in [0.15, 0.2) is 53.4 Å². The van der Waals surface area contributed by atoms with Crippen LogP contribution in [-0.2, 0) is 26.2 Å². The van der Waals surface area contributed by atoms with Crippen LogP contribution in [0, 0.1) is 5.82 Å². The van der Waals surface area contributed by atoms with Gasteiger partial charge in [0.2, 0.25) is 5.91 Å². The summed E-state index contributed by atoms with van der Waals surface area (Å²) < 4.78 is 47.9. The smallest absolute Gasteiger partial charge is 0.339 e. The van der Waals surface area contributed by atoms with Crippen molar-refractivity contribution >= 4 is 16.0 Å². The zero-order valence-electron chi connectivity index (χ0n) is 16.1. The van der Waals surface area contributed by atoms with E-state index in [1.807, 2.05) is 13.8 Å². The molecule has 0 saturated carbocycles. The standard InChI is InChI=1S/C20H24FNO5S/c1-4-15(2)22(20(23)14-26-3)13-16-6-5-7-18(12-16)27-28(24,25)19-10-8-17(21)9-11-19/h5-12,15H,4,13-14H2,1-3H3. The molecular weight excluding hydrogens is 385 g/mol. The van der Waals surface area contributed by atoms with Crippen LogP contribution in [0.5, 0.6) is 5.75 Å². The fourth-order valence-corrected chi connectivity index (χ4v) is 3.51. The Morgan fingerprint density at radius 1 is 1.18 bits per heavy atom. The zero-order chi connectivity index (χ0) is 20.7. The Kier molecular flexibility index (Phi) is 7.53. The Bertz CT molecular complexity index is 899. The van der Waals surface area contributed by atoms with E-state index in [9.17, 15) is 17.6 Å². The van der Waals surface area contributed by atoms with Crippen LogP contribution >= 0.6 is 0 Å². The molecular formula is C20H24FNO5S. The van der Waals surface area contributed by atoms with Crippen molar-refractivity contribution in [2.24, 2.45) is 0 Å². The van der Waals surface area contributed by atoms with Gasteiger partial charge in [-0.15, -0.1) is 0 Å². The molecule has 152 valence electrons. The van der Waals surface area contributed by atoms with Gasteiger partial charge in [-0.2, -0.15) is 8.42 Å². The molecule has 6 nitrogen and oxygen atoms in total. The molecule has 0 aliphatic rings. The lowest BCUT2D eigenvalue weighted by molar-refractivity contribution is -0.138. The summed E-state index contributed by atoms with van der Waals surface area (Å²) in [5.41, 5.74) is 0.719. The molecule has 1 atom stereocenters. The fourth-order valence-electron chi connectivity index (χ4n) is 2.59. The monoisotopic (exact) mass is 409 g/mol. The molecule has 0 spiro atoms. The van der Waals surface area contributed by atoms with Gasteiger partial charge in [-0.3, -0.25) is 4.79 Å². The third-order valence-electron chi connectivity index (χ3n) is 4.27. The van der Waals surface area contributed by atoms with Gasteiger partial charge < -0.3 is 13.8 Å². The number of halogens is 1. The fraction of sp³-hybridized carbons (Fsp3) is 0.350. The first-order chi connectivity index (χ1) is 13.3. The first-order valence-corrected chi connectivity index (χ1v) is 10.2. The molecule has 0 radical (unpaired) electrons. The highest BCUT2D eigenvalue weighted by atomic mass is 32.2. The molecule has 8 heteroatoms. The summed E-state index contributed by atoms with van der Waals surface area (Å²) in [6, 6.07) is 10.9. The number of hydrogen-bond donors (Lipinski definition) is 0. The van der Waals surface area contributed by atoms with Crippen LogP contribution < -0.4 is 4.18 Å². The molecule has 28 heavy (non-hydrogen) atoms. The van der Waals surface area contributed by atoms with Crippen LogP contribution in [0.1, 0.15) is 25.8 Å². The van der Waals surface area contributed by atoms with E-state index >= 15 is 0 Å². The number of hydrogen-bond acceptors (Lipinski definition) is 5. The normalized spacial score (nSPS) is 12.4. The highest BCUT2D eigenvalue weighted by molar-refractivity contribution is 7.87. The van der Waals surface area contributed by atoms with Crippen molar-refractivity contribution in [3.8, 4) is 5.75 Å². The summed E-state index contributed by atoms with van der Waals surface area (Å²) in [6.45, 7) is 4.18. The van der Waals surface area contributed by atoms with Crippen molar-refractivity contribution in [2.45, 2.75) is 37.8 Å². The molecule has 1 unspecified atom stereocenters. The van der Waals surface area contributed by atoms with Gasteiger partial charge in [0.05, 0.1) is 0 Å². The van der Waals surface area contributed by atoms with Crippen molar-refractivity contribution < 1.29 is 26.5 Å². The molecule has 1 amide bonds. The minimum atomic E-state index is -4.09. The first kappa shape index (κ1) is 21.8. The lowest BCUT2D eigenvalue weighted by Gasteiger charge is -2.28. The van der Waals surface area contributed by atoms with Crippen LogP contribution in [-0.4, -0.2) is 39.0 Å². The van der Waals surface area contributed by atoms with Gasteiger partial charge >= 0.3 is 10.1 Å². The molecule has 0 saturated heterocycles. The number of ether oxygens (including phenoxy) is 1. The van der Waals surface area contributed by atoms with Gasteiger partial charge in [-0.1, -0.05) is 19.1 Å². The molecule has 0 aliphatic carbocycles. The average Bonchev–Trinajstić information content (AvgIpc) is 2.66. The number of methoxy groups -OCH3 is 1. The van der Waals surface area contributed by atoms with E-state index in [1.165, 1.54) is 13.2 Å². The van der Waals surface area contributed by atoms with E-state index in [1.54, 1.807) is 23.1 Å². The van der Waals surface area contributed by atoms with E-state index in [2.05, 4.69) is 0 Å². The van der Waals surface area contributed by atoms with Crippen LogP contribution in [0.25, 0.3) is 0 Å². The maximum Gasteiger partial charge on any atom is 0.339 e. The summed E-state index contributed by atoms with van der Waals surface area (Å²) in [4.78, 5) is 13.9. The topological polar surface area (TPSA) is 72.9 Å². The van der Waals surface area contributed by atoms with E-state index in [-0.39, 0.29) is 29.2 Å². The number of carbonyl (C=O) groups is 1. The quantitative estimate of drug-likeness (QED) is 0.594. The summed E-state index contributed by atoms with van der Waals surface area (Å²) in [6.07, 6.45) is 0.768. The van der Waals surface area contributed by atoms with Crippen molar-refractivity contribution in [2.75, 3.05) is 13.7 Å². The third kappa shape index (κ3) is 5.77. The van der Waals surface area contributed by atoms with Crippen molar-refractivity contribution in [1.82, 2.24) is 4.90 Å². The number of carbonyl (C=O) groups excluding carboxylic acids is 1. The SMILES string of the molecule is CCC(C)N(Cc1cccc(OS(=O)(=O)c2ccc(F)cc2)c1)C(=O)COC. The number of amides is 1. The van der Waals surface area contributed by atoms with E-state index < -0.39 is 15.9 Å². The van der Waals surface area contributed by atoms with E-state index in [0.29, 0.717) is 6.54 Å². The second kappa shape index (κ2) is 9.66. The Morgan fingerprint density at radius 3 is 2.46 bits per heavy atom. The number of rotatable bonds is 9. The predicted octanol–water partition coefficient (Wildman–Crippen LogP) is 3.37. The Balaban J connectivity index is 2.20. The van der Waals surface area contributed by atoms with Crippen LogP contribution in [0.4, 0.5) is 4.39 Å². The maximum absolute atomic E-state index is 13.0. The minimum absolute atomic E-state index is 0.00447. The maximum atomic E-state index is 13.0. The average molecular weight is 409 g/mol. The van der Waals surface area contributed by atoms with Crippen molar-refractivity contribution in [1.29, 1.82) is 0 Å². The third-order valence-corrected chi connectivity index (χ3v) is 5.53. The molecule has 0 bridgehead atoms. The highest BCUT2D eigenvalue weighted by Gasteiger charge is 2.20. The van der Waals surface area contributed by atoms with Gasteiger partial charge in [0.15, 0.2) is 0 Å². The second-order valence-corrected chi connectivity index (χ2v) is 7.90. The molecule has 0 N–H and O–H groups in total. The molecule has 0 aliphatic heterocycles. The number of nitrogens with zero attached hydrogens (tertiary/aromatic N) is 1. The molecule has 0 heterocycles. The van der Waals surface area contributed by atoms with Crippen molar-refractivity contribution in [3.63, 3.8) is 0 Å². The lowest BCUT2D eigenvalue weighted by Crippen LogP contribution is -2.39. The molecule has 0 fully saturated rings. The van der Waals surface area contributed by atoms with E-state index in [0.717, 1.165) is 36.2 Å². The van der Waals surface area contributed by atoms with Gasteiger partial charge in [-0.05, 0) is 55.3 Å². The number of benzene rings is 2. The van der Waals surface area contributed by atoms with E-state index in [4.69, 9.17) is 8.92 Å².